The van der Waals surface area contributed by atoms with E-state index in [-0.39, 0.29) is 18.4 Å². The molecule has 0 aliphatic carbocycles. The van der Waals surface area contributed by atoms with Crippen LogP contribution in [0.5, 0.6) is 0 Å². The lowest BCUT2D eigenvalue weighted by molar-refractivity contribution is -0.137. The van der Waals surface area contributed by atoms with Crippen molar-refractivity contribution >= 4 is 40.4 Å². The van der Waals surface area contributed by atoms with Crippen LogP contribution in [-0.2, 0) is 22.9 Å². The van der Waals surface area contributed by atoms with Gasteiger partial charge in [0.1, 0.15) is 12.1 Å². The lowest BCUT2D eigenvalue weighted by Crippen LogP contribution is -2.39. The van der Waals surface area contributed by atoms with Gasteiger partial charge < -0.3 is 21.3 Å². The van der Waals surface area contributed by atoms with Crippen molar-refractivity contribution in [3.8, 4) is 0 Å². The van der Waals surface area contributed by atoms with E-state index in [1.165, 1.54) is 18.5 Å². The summed E-state index contributed by atoms with van der Waals surface area (Å²) in [7, 11) is 0. The summed E-state index contributed by atoms with van der Waals surface area (Å²) in [6, 6.07) is 17.1. The van der Waals surface area contributed by atoms with Crippen LogP contribution in [0.25, 0.3) is 0 Å². The van der Waals surface area contributed by atoms with Gasteiger partial charge in [0, 0.05) is 18.4 Å². The van der Waals surface area contributed by atoms with Gasteiger partial charge in [-0.2, -0.15) is 13.2 Å². The molecule has 4 aromatic rings. The first-order valence-electron chi connectivity index (χ1n) is 12.3. The molecule has 1 aromatic heterocycles. The van der Waals surface area contributed by atoms with Crippen LogP contribution in [0.4, 0.5) is 41.7 Å². The summed E-state index contributed by atoms with van der Waals surface area (Å²) >= 11 is 0. The van der Waals surface area contributed by atoms with Crippen LogP contribution in [0.2, 0.25) is 0 Å². The van der Waals surface area contributed by atoms with E-state index in [0.717, 1.165) is 17.8 Å². The quantitative estimate of drug-likeness (QED) is 0.231. The summed E-state index contributed by atoms with van der Waals surface area (Å²) < 4.78 is 39.1. The predicted molar refractivity (Wildman–Crippen MR) is 146 cm³/mol. The van der Waals surface area contributed by atoms with Crippen molar-refractivity contribution in [1.29, 1.82) is 0 Å². The van der Waals surface area contributed by atoms with E-state index < -0.39 is 17.2 Å². The number of nitrogens with zero attached hydrogens (tertiary/aromatic N) is 2. The van der Waals surface area contributed by atoms with E-state index in [4.69, 9.17) is 0 Å². The Morgan fingerprint density at radius 2 is 1.73 bits per heavy atom. The van der Waals surface area contributed by atoms with Crippen LogP contribution in [0.3, 0.4) is 0 Å². The highest BCUT2D eigenvalue weighted by Gasteiger charge is 2.32. The molecule has 0 radical (unpaired) electrons. The third-order valence-corrected chi connectivity index (χ3v) is 6.65. The molecule has 204 valence electrons. The normalized spacial score (nSPS) is 12.8. The minimum absolute atomic E-state index is 0.0594. The molecule has 8 nitrogen and oxygen atoms in total. The van der Waals surface area contributed by atoms with Crippen molar-refractivity contribution in [2.45, 2.75) is 32.0 Å². The van der Waals surface area contributed by atoms with Crippen molar-refractivity contribution in [3.05, 3.63) is 102 Å². The molecule has 0 fully saturated rings. The largest absolute Gasteiger partial charge is 0.416 e. The highest BCUT2D eigenvalue weighted by atomic mass is 19.4. The number of alkyl halides is 3. The molecule has 0 bridgehead atoms. The molecule has 0 atom stereocenters. The molecule has 1 aliphatic rings. The van der Waals surface area contributed by atoms with Gasteiger partial charge in [-0.15, -0.1) is 0 Å². The topological polar surface area (TPSA) is 108 Å². The summed E-state index contributed by atoms with van der Waals surface area (Å²) in [5.74, 6) is -0.0908. The smallest absolute Gasteiger partial charge is 0.353 e. The maximum absolute atomic E-state index is 13.1. The Labute approximate surface area is 228 Å². The average Bonchev–Trinajstić information content (AvgIpc) is 3.06. The summed E-state index contributed by atoms with van der Waals surface area (Å²) in [4.78, 5) is 34.2. The Morgan fingerprint density at radius 1 is 0.900 bits per heavy atom. The van der Waals surface area contributed by atoms with E-state index in [1.54, 1.807) is 62.5 Å². The summed E-state index contributed by atoms with van der Waals surface area (Å²) in [6.07, 6.45) is -1.42. The Morgan fingerprint density at radius 3 is 2.48 bits per heavy atom. The van der Waals surface area contributed by atoms with Crippen LogP contribution < -0.4 is 21.3 Å². The number of hydrogen-bond donors (Lipinski definition) is 4. The maximum Gasteiger partial charge on any atom is 0.416 e. The first kappa shape index (κ1) is 26.7. The van der Waals surface area contributed by atoms with E-state index >= 15 is 0 Å². The molecular weight excluding hydrogens is 521 g/mol. The third kappa shape index (κ3) is 5.58. The Kier molecular flexibility index (Phi) is 6.88. The van der Waals surface area contributed by atoms with Gasteiger partial charge in [-0.3, -0.25) is 9.59 Å². The second kappa shape index (κ2) is 10.3. The van der Waals surface area contributed by atoms with Crippen molar-refractivity contribution in [1.82, 2.24) is 15.3 Å². The van der Waals surface area contributed by atoms with Crippen molar-refractivity contribution < 1.29 is 22.8 Å². The van der Waals surface area contributed by atoms with E-state index in [1.807, 2.05) is 0 Å². The number of anilines is 5. The molecule has 0 unspecified atom stereocenters. The van der Waals surface area contributed by atoms with Gasteiger partial charge in [0.05, 0.1) is 33.6 Å². The van der Waals surface area contributed by atoms with Crippen molar-refractivity contribution in [2.24, 2.45) is 0 Å². The first-order valence-corrected chi connectivity index (χ1v) is 12.3. The molecule has 11 heteroatoms. The fourth-order valence-corrected chi connectivity index (χ4v) is 4.31. The molecule has 40 heavy (non-hydrogen) atoms. The molecule has 5 rings (SSSR count). The Bertz CT molecular complexity index is 1590. The zero-order chi connectivity index (χ0) is 28.5. The highest BCUT2D eigenvalue weighted by Crippen LogP contribution is 2.37. The van der Waals surface area contributed by atoms with Gasteiger partial charge in [0.25, 0.3) is 5.91 Å². The molecular formula is C29H25F3N6O2. The third-order valence-electron chi connectivity index (χ3n) is 6.65. The number of hydrogen-bond acceptors (Lipinski definition) is 6. The Balaban J connectivity index is 1.33. The van der Waals surface area contributed by atoms with Gasteiger partial charge in [0.2, 0.25) is 5.91 Å². The van der Waals surface area contributed by atoms with Gasteiger partial charge in [0.15, 0.2) is 0 Å². The molecule has 0 spiro atoms. The number of fused-ring (bicyclic) bond motifs is 2. The predicted octanol–water partition coefficient (Wildman–Crippen LogP) is 6.14. The molecule has 0 saturated heterocycles. The van der Waals surface area contributed by atoms with Gasteiger partial charge in [-0.25, -0.2) is 9.97 Å². The zero-order valence-electron chi connectivity index (χ0n) is 21.6. The van der Waals surface area contributed by atoms with E-state index in [9.17, 15) is 22.8 Å². The maximum atomic E-state index is 13.1. The Hall–Kier alpha value is -4.93. The standard InChI is InChI=1S/C29H25F3N6O2/c1-28(2,27(40)34-15-17-4-3-5-19(12-17)29(30,31)32)18-6-9-22-24(13-18)38-26(39)21-8-7-20(14-23(21)37-22)36-25-10-11-33-16-35-25/h3-14,16,37H,15H2,1-2H3,(H,34,40)(H,38,39)(H,33,35,36). The minimum Gasteiger partial charge on any atom is -0.353 e. The average molecular weight is 547 g/mol. The number of halogens is 3. The lowest BCUT2D eigenvalue weighted by atomic mass is 9.83. The van der Waals surface area contributed by atoms with Crippen LogP contribution in [-0.4, -0.2) is 21.8 Å². The minimum atomic E-state index is -4.46. The lowest BCUT2D eigenvalue weighted by Gasteiger charge is -2.25. The van der Waals surface area contributed by atoms with Crippen molar-refractivity contribution in [3.63, 3.8) is 0 Å². The van der Waals surface area contributed by atoms with E-state index in [0.29, 0.717) is 39.6 Å². The second-order valence-corrected chi connectivity index (χ2v) is 9.83. The first-order chi connectivity index (χ1) is 19.0. The van der Waals surface area contributed by atoms with Crippen LogP contribution in [0.1, 0.15) is 40.9 Å². The molecule has 4 N–H and O–H groups in total. The van der Waals surface area contributed by atoms with Gasteiger partial charge in [-0.05, 0) is 73.5 Å². The van der Waals surface area contributed by atoms with E-state index in [2.05, 4.69) is 31.2 Å². The molecule has 1 aliphatic heterocycles. The molecule has 2 amide bonds. The van der Waals surface area contributed by atoms with Gasteiger partial charge >= 0.3 is 6.18 Å². The summed E-state index contributed by atoms with van der Waals surface area (Å²) in [5.41, 5.74) is 2.00. The summed E-state index contributed by atoms with van der Waals surface area (Å²) in [5, 5.41) is 12.1. The molecule has 2 heterocycles. The number of carbonyl (C=O) groups excluding carboxylic acids is 2. The van der Waals surface area contributed by atoms with Crippen LogP contribution in [0, 0.1) is 0 Å². The van der Waals surface area contributed by atoms with Crippen LogP contribution >= 0.6 is 0 Å². The zero-order valence-corrected chi connectivity index (χ0v) is 21.6. The summed E-state index contributed by atoms with van der Waals surface area (Å²) in [6.45, 7) is 3.36. The molecule has 0 saturated carbocycles. The van der Waals surface area contributed by atoms with Crippen molar-refractivity contribution in [2.75, 3.05) is 16.0 Å². The number of nitrogens with one attached hydrogen (secondary N) is 4. The fraction of sp³-hybridized carbons (Fsp3) is 0.172. The highest BCUT2D eigenvalue weighted by molar-refractivity contribution is 6.12. The SMILES string of the molecule is CC(C)(C(=O)NCc1cccc(C(F)(F)F)c1)c1ccc2c(c1)NC(=O)c1ccc(Nc3ccncn3)cc1N2. The molecule has 3 aromatic carbocycles. The van der Waals surface area contributed by atoms with Gasteiger partial charge in [-0.1, -0.05) is 18.2 Å². The number of aromatic nitrogens is 2. The second-order valence-electron chi connectivity index (χ2n) is 9.83. The number of carbonyl (C=O) groups is 2. The number of rotatable bonds is 6. The number of amides is 2. The van der Waals surface area contributed by atoms with Crippen LogP contribution in [0.15, 0.2) is 79.3 Å². The fourth-order valence-electron chi connectivity index (χ4n) is 4.31. The monoisotopic (exact) mass is 546 g/mol. The number of benzene rings is 3.